The second kappa shape index (κ2) is 13.0. The first kappa shape index (κ1) is 32.7. The molecule has 2 saturated carbocycles. The van der Waals surface area contributed by atoms with Gasteiger partial charge in [-0.1, -0.05) is 46.0 Å². The van der Waals surface area contributed by atoms with Crippen molar-refractivity contribution in [3.05, 3.63) is 0 Å². The Labute approximate surface area is 238 Å². The van der Waals surface area contributed by atoms with Gasteiger partial charge in [0.1, 0.15) is 12.1 Å². The van der Waals surface area contributed by atoms with Gasteiger partial charge in [-0.3, -0.25) is 19.2 Å². The van der Waals surface area contributed by atoms with Crippen molar-refractivity contribution in [2.24, 2.45) is 29.4 Å². The van der Waals surface area contributed by atoms with E-state index in [-0.39, 0.29) is 36.6 Å². The monoisotopic (exact) mass is 588 g/mol. The van der Waals surface area contributed by atoms with E-state index >= 15 is 0 Å². The van der Waals surface area contributed by atoms with Crippen molar-refractivity contribution in [1.82, 2.24) is 15.5 Å². The van der Waals surface area contributed by atoms with E-state index < -0.39 is 59.5 Å². The summed E-state index contributed by atoms with van der Waals surface area (Å²) in [5.41, 5.74) is 2.45. The highest BCUT2D eigenvalue weighted by molar-refractivity contribution is 6.37. The Kier molecular flexibility index (Phi) is 10.3. The van der Waals surface area contributed by atoms with E-state index in [2.05, 4.69) is 10.6 Å². The molecule has 3 fully saturated rings. The van der Waals surface area contributed by atoms with Gasteiger partial charge in [-0.05, 0) is 63.2 Å². The van der Waals surface area contributed by atoms with Crippen LogP contribution in [0.2, 0.25) is 0 Å². The summed E-state index contributed by atoms with van der Waals surface area (Å²) in [6.07, 6.45) is -0.0365. The molecule has 4 amide bonds. The molecule has 1 saturated heterocycles. The molecule has 4 N–H and O–H groups in total. The van der Waals surface area contributed by atoms with Crippen molar-refractivity contribution in [1.29, 1.82) is 0 Å². The third-order valence-corrected chi connectivity index (χ3v) is 8.69. The summed E-state index contributed by atoms with van der Waals surface area (Å²) in [5.74, 6) is -3.71. The zero-order valence-corrected chi connectivity index (χ0v) is 24.2. The first-order valence-electron chi connectivity index (χ1n) is 14.5. The van der Waals surface area contributed by atoms with Crippen molar-refractivity contribution in [3.8, 4) is 0 Å². The number of carbonyl (C=O) groups excluding carboxylic acids is 5. The standard InChI is InChI=1S/C28H43F3N4O6/c1-15(2)18-12-13-35(21(18)24(38)33-19(14-16-10-11-16)22(36)23(32)37)25(39)20(17-8-6-5-7-9-17)34-26(40)41-27(3,4)28(29,30)31/h15-21H,5-14H2,1-4H3,(H2,32,37)(H,33,38)(H,34,40)/t18?,19?,20-,21-/m0/s1. The summed E-state index contributed by atoms with van der Waals surface area (Å²) in [6.45, 7) is 5.45. The lowest BCUT2D eigenvalue weighted by molar-refractivity contribution is -0.244. The summed E-state index contributed by atoms with van der Waals surface area (Å²) in [7, 11) is 0. The molecule has 0 aromatic rings. The maximum absolute atomic E-state index is 14.1. The predicted molar refractivity (Wildman–Crippen MR) is 142 cm³/mol. The highest BCUT2D eigenvalue weighted by Crippen LogP contribution is 2.37. The molecule has 0 aromatic carbocycles. The van der Waals surface area contributed by atoms with Crippen LogP contribution < -0.4 is 16.4 Å². The molecule has 2 unspecified atom stereocenters. The Balaban J connectivity index is 1.86. The average molecular weight is 589 g/mol. The minimum absolute atomic E-state index is 0.0316. The Morgan fingerprint density at radius 1 is 0.951 bits per heavy atom. The lowest BCUT2D eigenvalue weighted by Crippen LogP contribution is -2.59. The molecular formula is C28H43F3N4O6. The second-order valence-electron chi connectivity index (χ2n) is 12.6. The van der Waals surface area contributed by atoms with Gasteiger partial charge in [0.25, 0.3) is 5.91 Å². The van der Waals surface area contributed by atoms with Gasteiger partial charge >= 0.3 is 12.3 Å². The van der Waals surface area contributed by atoms with E-state index in [1.165, 1.54) is 4.90 Å². The van der Waals surface area contributed by atoms with Crippen LogP contribution in [0.1, 0.15) is 85.5 Å². The van der Waals surface area contributed by atoms with Crippen molar-refractivity contribution >= 4 is 29.6 Å². The summed E-state index contributed by atoms with van der Waals surface area (Å²) in [6, 6.07) is -3.30. The van der Waals surface area contributed by atoms with Crippen LogP contribution in [0.25, 0.3) is 0 Å². The normalized spacial score (nSPS) is 23.6. The molecule has 232 valence electrons. The fourth-order valence-corrected chi connectivity index (χ4v) is 5.92. The summed E-state index contributed by atoms with van der Waals surface area (Å²) >= 11 is 0. The fourth-order valence-electron chi connectivity index (χ4n) is 5.92. The maximum Gasteiger partial charge on any atom is 0.427 e. The van der Waals surface area contributed by atoms with E-state index in [1.54, 1.807) is 0 Å². The number of hydrogen-bond acceptors (Lipinski definition) is 6. The molecule has 10 nitrogen and oxygen atoms in total. The molecule has 0 radical (unpaired) electrons. The van der Waals surface area contributed by atoms with E-state index in [1.807, 2.05) is 13.8 Å². The summed E-state index contributed by atoms with van der Waals surface area (Å²) in [5, 5.41) is 5.07. The molecule has 13 heteroatoms. The van der Waals surface area contributed by atoms with E-state index in [0.29, 0.717) is 19.3 Å². The van der Waals surface area contributed by atoms with Crippen LogP contribution in [0, 0.1) is 23.7 Å². The molecule has 41 heavy (non-hydrogen) atoms. The minimum atomic E-state index is -4.82. The largest absolute Gasteiger partial charge is 0.434 e. The molecule has 3 rings (SSSR count). The Bertz CT molecular complexity index is 1010. The highest BCUT2D eigenvalue weighted by atomic mass is 19.4. The number of amides is 4. The second-order valence-corrected chi connectivity index (χ2v) is 12.6. The van der Waals surface area contributed by atoms with Crippen molar-refractivity contribution in [2.45, 2.75) is 115 Å². The van der Waals surface area contributed by atoms with Crippen molar-refractivity contribution in [3.63, 3.8) is 0 Å². The number of nitrogens with one attached hydrogen (secondary N) is 2. The van der Waals surface area contributed by atoms with Crippen LogP contribution in [0.5, 0.6) is 0 Å². The topological polar surface area (TPSA) is 148 Å². The number of ether oxygens (including phenoxy) is 1. The van der Waals surface area contributed by atoms with Gasteiger partial charge in [-0.25, -0.2) is 4.79 Å². The number of likely N-dealkylation sites (tertiary alicyclic amines) is 1. The average Bonchev–Trinajstić information content (AvgIpc) is 3.58. The lowest BCUT2D eigenvalue weighted by Gasteiger charge is -2.36. The Hall–Kier alpha value is -2.86. The number of halogens is 3. The highest BCUT2D eigenvalue weighted by Gasteiger charge is 2.52. The van der Waals surface area contributed by atoms with Gasteiger partial charge in [-0.2, -0.15) is 13.2 Å². The lowest BCUT2D eigenvalue weighted by atomic mass is 9.83. The van der Waals surface area contributed by atoms with Gasteiger partial charge in [0, 0.05) is 6.54 Å². The van der Waals surface area contributed by atoms with Crippen LogP contribution in [0.4, 0.5) is 18.0 Å². The number of alkyl halides is 3. The third-order valence-electron chi connectivity index (χ3n) is 8.69. The number of alkyl carbamates (subject to hydrolysis) is 1. The fraction of sp³-hybridized carbons (Fsp3) is 0.821. The molecule has 2 aliphatic carbocycles. The number of carbonyl (C=O) groups is 5. The number of rotatable bonds is 11. The first-order chi connectivity index (χ1) is 19.0. The molecule has 1 heterocycles. The Morgan fingerprint density at radius 3 is 2.07 bits per heavy atom. The molecule has 0 spiro atoms. The van der Waals surface area contributed by atoms with Gasteiger partial charge in [0.15, 0.2) is 0 Å². The Morgan fingerprint density at radius 2 is 1.56 bits per heavy atom. The molecule has 4 atom stereocenters. The van der Waals surface area contributed by atoms with Crippen LogP contribution in [0.15, 0.2) is 0 Å². The van der Waals surface area contributed by atoms with Crippen molar-refractivity contribution in [2.75, 3.05) is 6.54 Å². The summed E-state index contributed by atoms with van der Waals surface area (Å²) < 4.78 is 44.8. The quantitative estimate of drug-likeness (QED) is 0.316. The van der Waals surface area contributed by atoms with Gasteiger partial charge < -0.3 is 26.0 Å². The predicted octanol–water partition coefficient (Wildman–Crippen LogP) is 3.21. The molecule has 3 aliphatic rings. The maximum atomic E-state index is 14.1. The molecular weight excluding hydrogens is 545 g/mol. The minimum Gasteiger partial charge on any atom is -0.434 e. The van der Waals surface area contributed by atoms with Crippen LogP contribution in [0.3, 0.4) is 0 Å². The summed E-state index contributed by atoms with van der Waals surface area (Å²) in [4.78, 5) is 65.9. The van der Waals surface area contributed by atoms with Gasteiger partial charge in [0.2, 0.25) is 23.2 Å². The van der Waals surface area contributed by atoms with Crippen LogP contribution in [-0.2, 0) is 23.9 Å². The number of hydrogen-bond donors (Lipinski definition) is 3. The van der Waals surface area contributed by atoms with Crippen molar-refractivity contribution < 1.29 is 41.9 Å². The zero-order chi connectivity index (χ0) is 30.7. The molecule has 0 aromatic heterocycles. The SMILES string of the molecule is CC(C)C1CCN(C(=O)[C@@H](NC(=O)OC(C)(C)C(F)(F)F)C2CCCCC2)[C@@H]1C(=O)NC(CC1CC1)C(=O)C(N)=O. The number of ketones is 1. The number of nitrogens with zero attached hydrogens (tertiary/aromatic N) is 1. The molecule has 0 bridgehead atoms. The molecule has 1 aliphatic heterocycles. The van der Waals surface area contributed by atoms with Crippen LogP contribution in [-0.4, -0.2) is 70.9 Å². The zero-order valence-electron chi connectivity index (χ0n) is 24.2. The van der Waals surface area contributed by atoms with E-state index in [0.717, 1.165) is 46.0 Å². The number of nitrogens with two attached hydrogens (primary N) is 1. The van der Waals surface area contributed by atoms with Gasteiger partial charge in [-0.15, -0.1) is 0 Å². The third kappa shape index (κ3) is 8.12. The van der Waals surface area contributed by atoms with E-state index in [4.69, 9.17) is 10.5 Å². The number of primary amides is 1. The first-order valence-corrected chi connectivity index (χ1v) is 14.5. The van der Waals surface area contributed by atoms with E-state index in [9.17, 15) is 37.1 Å². The van der Waals surface area contributed by atoms with Crippen LogP contribution >= 0.6 is 0 Å². The van der Waals surface area contributed by atoms with Gasteiger partial charge in [0.05, 0.1) is 6.04 Å². The smallest absolute Gasteiger partial charge is 0.427 e. The number of Topliss-reactive ketones (excluding diaryl/α,β-unsaturated/α-hetero) is 1.